The van der Waals surface area contributed by atoms with Crippen molar-refractivity contribution in [1.29, 1.82) is 0 Å². The summed E-state index contributed by atoms with van der Waals surface area (Å²) in [4.78, 5) is 23.5. The van der Waals surface area contributed by atoms with Gasteiger partial charge in [-0.05, 0) is 20.0 Å². The van der Waals surface area contributed by atoms with E-state index in [9.17, 15) is 31.1 Å². The molecular weight excluding hydrogens is 530 g/mol. The number of amides is 2. The van der Waals surface area contributed by atoms with E-state index in [1.54, 1.807) is 0 Å². The van der Waals surface area contributed by atoms with Crippen LogP contribution in [0.3, 0.4) is 0 Å². The number of fused-ring (bicyclic) bond motifs is 3. The van der Waals surface area contributed by atoms with Crippen LogP contribution in [-0.4, -0.2) is 69.4 Å². The van der Waals surface area contributed by atoms with Crippen molar-refractivity contribution in [3.8, 4) is 0 Å². The second-order valence-corrected chi connectivity index (χ2v) is 9.65. The van der Waals surface area contributed by atoms with E-state index in [-0.39, 0.29) is 39.7 Å². The van der Waals surface area contributed by atoms with E-state index in [0.29, 0.717) is 19.2 Å². The number of carbonyl (C=O) groups is 1. The smallest absolute Gasteiger partial charge is 0.365 e. The Kier molecular flexibility index (Phi) is 5.71. The molecule has 2 aliphatic heterocycles. The van der Waals surface area contributed by atoms with Crippen LogP contribution in [0.5, 0.6) is 0 Å². The van der Waals surface area contributed by atoms with Gasteiger partial charge in [0, 0.05) is 37.5 Å². The molecule has 16 heteroatoms. The van der Waals surface area contributed by atoms with Crippen molar-refractivity contribution in [3.05, 3.63) is 40.9 Å². The Morgan fingerprint density at radius 2 is 1.86 bits per heavy atom. The summed E-state index contributed by atoms with van der Waals surface area (Å²) in [5.74, 6) is -0.125. The zero-order chi connectivity index (χ0) is 26.9. The van der Waals surface area contributed by atoms with E-state index < -0.39 is 36.0 Å². The average Bonchev–Trinajstić information content (AvgIpc) is 3.29. The number of pyridine rings is 1. The number of carbonyl (C=O) groups excluding carboxylic acids is 1. The Morgan fingerprint density at radius 1 is 1.16 bits per heavy atom. The highest BCUT2D eigenvalue weighted by Crippen LogP contribution is 2.50. The molecule has 2 N–H and O–H groups in total. The van der Waals surface area contributed by atoms with Gasteiger partial charge in [0.25, 0.3) is 0 Å². The van der Waals surface area contributed by atoms with Crippen molar-refractivity contribution in [2.24, 2.45) is 0 Å². The summed E-state index contributed by atoms with van der Waals surface area (Å²) in [5, 5.41) is 8.95. The molecule has 198 valence electrons. The van der Waals surface area contributed by atoms with Gasteiger partial charge in [-0.3, -0.25) is 4.90 Å². The quantitative estimate of drug-likeness (QED) is 0.472. The maximum absolute atomic E-state index is 14.2. The minimum absolute atomic E-state index is 0.0443. The van der Waals surface area contributed by atoms with Crippen LogP contribution in [0.25, 0.3) is 5.65 Å². The zero-order valence-electron chi connectivity index (χ0n) is 19.2. The molecule has 0 spiro atoms. The largest absolute Gasteiger partial charge is 0.433 e. The number of nitrogens with one attached hydrogen (secondary N) is 2. The van der Waals surface area contributed by atoms with Crippen molar-refractivity contribution < 1.29 is 31.1 Å². The second-order valence-electron chi connectivity index (χ2n) is 9.26. The van der Waals surface area contributed by atoms with Crippen LogP contribution in [0.1, 0.15) is 18.3 Å². The molecule has 1 saturated heterocycles. The molecule has 1 atom stereocenters. The monoisotopic (exact) mass is 548 g/mol. The first-order valence-corrected chi connectivity index (χ1v) is 11.3. The summed E-state index contributed by atoms with van der Waals surface area (Å²) in [7, 11) is 1.84. The Labute approximate surface area is 210 Å². The standard InChI is InChI=1S/C21H19ClF6N8O/c1-19(21(26,27)28)9-35(12-6-29-16-5-14(22)33-36(16)17(12)19)18(37)31-10-3-13(20(23,24)25)32-15(4-10)30-11-7-34(2)8-11/h3-6,11H,7-9H2,1-2H3,(H2,30,31,32,37)/t19-/m1/s1. The fraction of sp³-hybridized carbons (Fsp3) is 0.429. The summed E-state index contributed by atoms with van der Waals surface area (Å²) in [6.07, 6.45) is -8.55. The molecule has 3 aromatic rings. The lowest BCUT2D eigenvalue weighted by Gasteiger charge is -2.37. The minimum atomic E-state index is -4.82. The van der Waals surface area contributed by atoms with Gasteiger partial charge in [0.2, 0.25) is 0 Å². The molecule has 9 nitrogen and oxygen atoms in total. The number of anilines is 3. The molecule has 37 heavy (non-hydrogen) atoms. The van der Waals surface area contributed by atoms with Gasteiger partial charge in [-0.1, -0.05) is 11.6 Å². The van der Waals surface area contributed by atoms with Crippen LogP contribution < -0.4 is 15.5 Å². The molecule has 2 amide bonds. The number of alkyl halides is 6. The van der Waals surface area contributed by atoms with Crippen LogP contribution in [0, 0.1) is 0 Å². The van der Waals surface area contributed by atoms with E-state index in [1.807, 2.05) is 11.9 Å². The normalized spacial score (nSPS) is 20.7. The van der Waals surface area contributed by atoms with Crippen molar-refractivity contribution in [3.63, 3.8) is 0 Å². The fourth-order valence-electron chi connectivity index (χ4n) is 4.50. The lowest BCUT2D eigenvalue weighted by Crippen LogP contribution is -2.52. The Morgan fingerprint density at radius 3 is 2.49 bits per heavy atom. The molecule has 5 rings (SSSR count). The van der Waals surface area contributed by atoms with Crippen LogP contribution in [-0.2, 0) is 11.6 Å². The van der Waals surface area contributed by atoms with Gasteiger partial charge in [0.1, 0.15) is 16.9 Å². The van der Waals surface area contributed by atoms with Gasteiger partial charge in [0.15, 0.2) is 10.8 Å². The Hall–Kier alpha value is -3.33. The Balaban J connectivity index is 1.50. The third-order valence-corrected chi connectivity index (χ3v) is 6.56. The van der Waals surface area contributed by atoms with Gasteiger partial charge >= 0.3 is 18.4 Å². The van der Waals surface area contributed by atoms with Crippen molar-refractivity contribution >= 4 is 40.5 Å². The summed E-state index contributed by atoms with van der Waals surface area (Å²) < 4.78 is 84.1. The summed E-state index contributed by atoms with van der Waals surface area (Å²) in [6, 6.07) is 1.86. The topological polar surface area (TPSA) is 90.7 Å². The third-order valence-electron chi connectivity index (χ3n) is 6.38. The first-order valence-electron chi connectivity index (χ1n) is 10.9. The minimum Gasteiger partial charge on any atom is -0.365 e. The molecule has 0 bridgehead atoms. The van der Waals surface area contributed by atoms with E-state index in [0.717, 1.165) is 22.5 Å². The summed E-state index contributed by atoms with van der Waals surface area (Å²) in [6.45, 7) is 1.21. The molecule has 0 radical (unpaired) electrons. The molecule has 5 heterocycles. The molecular formula is C21H19ClF6N8O. The van der Waals surface area contributed by atoms with Crippen molar-refractivity contribution in [1.82, 2.24) is 24.5 Å². The molecule has 2 aliphatic rings. The van der Waals surface area contributed by atoms with E-state index in [4.69, 9.17) is 11.6 Å². The highest BCUT2D eigenvalue weighted by Gasteiger charge is 2.60. The summed E-state index contributed by atoms with van der Waals surface area (Å²) in [5.41, 5.74) is -4.64. The molecule has 3 aromatic heterocycles. The number of halogens is 7. The lowest BCUT2D eigenvalue weighted by atomic mass is 9.88. The van der Waals surface area contributed by atoms with Crippen LogP contribution in [0.4, 0.5) is 48.3 Å². The van der Waals surface area contributed by atoms with E-state index in [2.05, 4.69) is 25.7 Å². The number of aromatic nitrogens is 4. The first kappa shape index (κ1) is 25.3. The predicted molar refractivity (Wildman–Crippen MR) is 122 cm³/mol. The van der Waals surface area contributed by atoms with Crippen molar-refractivity contribution in [2.45, 2.75) is 30.7 Å². The number of urea groups is 1. The molecule has 0 aliphatic carbocycles. The van der Waals surface area contributed by atoms with Crippen molar-refractivity contribution in [2.75, 3.05) is 42.2 Å². The van der Waals surface area contributed by atoms with Gasteiger partial charge in [-0.25, -0.2) is 19.3 Å². The predicted octanol–water partition coefficient (Wildman–Crippen LogP) is 4.39. The number of nitrogens with zero attached hydrogens (tertiary/aromatic N) is 6. The lowest BCUT2D eigenvalue weighted by molar-refractivity contribution is -0.181. The van der Waals surface area contributed by atoms with Crippen LogP contribution in [0.2, 0.25) is 5.15 Å². The Bertz CT molecular complexity index is 1390. The third kappa shape index (κ3) is 4.39. The SMILES string of the molecule is CN1CC(Nc2cc(NC(=O)N3C[C@@](C)(C(F)(F)F)c4c3cnc3cc(Cl)nn43)cc(C(F)(F)F)n2)C1. The number of hydrogen-bond acceptors (Lipinski definition) is 6. The highest BCUT2D eigenvalue weighted by atomic mass is 35.5. The molecule has 0 unspecified atom stereocenters. The first-order chi connectivity index (χ1) is 17.2. The maximum atomic E-state index is 14.2. The fourth-order valence-corrected chi connectivity index (χ4v) is 4.68. The van der Waals surface area contributed by atoms with Gasteiger partial charge in [-0.2, -0.15) is 31.4 Å². The molecule has 0 aromatic carbocycles. The van der Waals surface area contributed by atoms with Gasteiger partial charge in [0.05, 0.1) is 23.6 Å². The average molecular weight is 549 g/mol. The van der Waals surface area contributed by atoms with Crippen LogP contribution >= 0.6 is 11.6 Å². The van der Waals surface area contributed by atoms with E-state index in [1.165, 1.54) is 12.1 Å². The number of hydrogen-bond donors (Lipinski definition) is 2. The second kappa shape index (κ2) is 8.34. The highest BCUT2D eigenvalue weighted by molar-refractivity contribution is 6.29. The maximum Gasteiger partial charge on any atom is 0.433 e. The van der Waals surface area contributed by atoms with E-state index >= 15 is 0 Å². The molecule has 0 saturated carbocycles. The number of likely N-dealkylation sites (N-methyl/N-ethyl adjacent to an activating group) is 1. The van der Waals surface area contributed by atoms with Gasteiger partial charge < -0.3 is 15.5 Å². The van der Waals surface area contributed by atoms with Crippen LogP contribution in [0.15, 0.2) is 24.4 Å². The number of rotatable bonds is 3. The van der Waals surface area contributed by atoms with Gasteiger partial charge in [-0.15, -0.1) is 0 Å². The zero-order valence-corrected chi connectivity index (χ0v) is 20.0. The molecule has 1 fully saturated rings. The summed E-state index contributed by atoms with van der Waals surface area (Å²) >= 11 is 5.87. The number of likely N-dealkylation sites (tertiary alicyclic amines) is 1.